The number of rotatable bonds is 6. The minimum atomic E-state index is -1.66. The molecule has 0 saturated heterocycles. The van der Waals surface area contributed by atoms with Gasteiger partial charge in [0.2, 0.25) is 5.82 Å². The molecule has 0 aliphatic heterocycles. The average Bonchev–Trinajstić information content (AvgIpc) is 2.83. The number of ether oxygens (including phenoxy) is 1. The van der Waals surface area contributed by atoms with Crippen molar-refractivity contribution in [2.45, 2.75) is 58.3 Å². The Labute approximate surface area is 196 Å². The minimum absolute atomic E-state index is 0.261. The molecule has 1 aliphatic carbocycles. The Bertz CT molecular complexity index is 1140. The fourth-order valence-electron chi connectivity index (χ4n) is 4.95. The third-order valence-electron chi connectivity index (χ3n) is 6.84. The van der Waals surface area contributed by atoms with Gasteiger partial charge in [0.1, 0.15) is 5.75 Å². The predicted molar refractivity (Wildman–Crippen MR) is 123 cm³/mol. The van der Waals surface area contributed by atoms with Crippen molar-refractivity contribution in [1.29, 1.82) is 0 Å². The highest BCUT2D eigenvalue weighted by Crippen LogP contribution is 2.40. The Morgan fingerprint density at radius 1 is 0.794 bits per heavy atom. The van der Waals surface area contributed by atoms with Gasteiger partial charge < -0.3 is 4.74 Å². The summed E-state index contributed by atoms with van der Waals surface area (Å²) >= 11 is 0. The van der Waals surface area contributed by atoms with Gasteiger partial charge >= 0.3 is 0 Å². The van der Waals surface area contributed by atoms with Crippen LogP contribution in [-0.2, 0) is 0 Å². The molecule has 1 saturated carbocycles. The van der Waals surface area contributed by atoms with Crippen LogP contribution < -0.4 is 4.74 Å². The Morgan fingerprint density at radius 3 is 1.97 bits per heavy atom. The number of hydrogen-bond donors (Lipinski definition) is 0. The van der Waals surface area contributed by atoms with E-state index in [4.69, 9.17) is 4.74 Å². The number of halogens is 5. The molecule has 0 unspecified atom stereocenters. The molecular formula is C28H27F5O. The van der Waals surface area contributed by atoms with Crippen LogP contribution in [0.5, 0.6) is 11.5 Å². The molecule has 0 aromatic heterocycles. The number of hydrogen-bond acceptors (Lipinski definition) is 1. The van der Waals surface area contributed by atoms with Crippen LogP contribution >= 0.6 is 0 Å². The van der Waals surface area contributed by atoms with Gasteiger partial charge in [0.05, 0.1) is 0 Å². The lowest BCUT2D eigenvalue weighted by Crippen LogP contribution is -2.13. The Balaban J connectivity index is 1.60. The summed E-state index contributed by atoms with van der Waals surface area (Å²) in [6.07, 6.45) is 7.26. The normalized spacial score (nSPS) is 18.2. The SMILES string of the molecule is CCC[C@H]1CC[C@H](c2ccc(-c3cc(F)c(F)c(Oc4cc(F)c(F)c(F)c4)c3C)cc2)CC1. The summed E-state index contributed by atoms with van der Waals surface area (Å²) in [6, 6.07) is 10.0. The zero-order chi connectivity index (χ0) is 24.4. The lowest BCUT2D eigenvalue weighted by atomic mass is 9.77. The van der Waals surface area contributed by atoms with E-state index in [-0.39, 0.29) is 5.56 Å². The topological polar surface area (TPSA) is 9.23 Å². The largest absolute Gasteiger partial charge is 0.454 e. The van der Waals surface area contributed by atoms with Crippen LogP contribution in [0.1, 0.15) is 62.5 Å². The van der Waals surface area contributed by atoms with E-state index in [1.807, 2.05) is 24.3 Å². The van der Waals surface area contributed by atoms with Gasteiger partial charge in [-0.3, -0.25) is 0 Å². The van der Waals surface area contributed by atoms with Crippen molar-refractivity contribution < 1.29 is 26.7 Å². The maximum atomic E-state index is 14.6. The summed E-state index contributed by atoms with van der Waals surface area (Å²) in [5.41, 5.74) is 2.56. The molecule has 0 heterocycles. The van der Waals surface area contributed by atoms with Crippen LogP contribution in [-0.4, -0.2) is 0 Å². The molecule has 0 N–H and O–H groups in total. The second-order valence-corrected chi connectivity index (χ2v) is 9.11. The van der Waals surface area contributed by atoms with E-state index < -0.39 is 40.6 Å². The molecule has 0 amide bonds. The highest BCUT2D eigenvalue weighted by Gasteiger charge is 2.23. The summed E-state index contributed by atoms with van der Waals surface area (Å²) in [5.74, 6) is -6.73. The fourth-order valence-corrected chi connectivity index (χ4v) is 4.95. The summed E-state index contributed by atoms with van der Waals surface area (Å²) < 4.78 is 74.6. The van der Waals surface area contributed by atoms with Gasteiger partial charge in [0.15, 0.2) is 29.0 Å². The van der Waals surface area contributed by atoms with Crippen molar-refractivity contribution in [2.75, 3.05) is 0 Å². The van der Waals surface area contributed by atoms with Crippen LogP contribution in [0.15, 0.2) is 42.5 Å². The van der Waals surface area contributed by atoms with E-state index in [9.17, 15) is 22.0 Å². The van der Waals surface area contributed by atoms with E-state index in [1.54, 1.807) is 0 Å². The Kier molecular flexibility index (Phi) is 7.24. The Morgan fingerprint density at radius 2 is 1.38 bits per heavy atom. The van der Waals surface area contributed by atoms with Crippen molar-refractivity contribution in [3.8, 4) is 22.6 Å². The molecule has 0 radical (unpaired) electrons. The van der Waals surface area contributed by atoms with Gasteiger partial charge in [0.25, 0.3) is 0 Å². The smallest absolute Gasteiger partial charge is 0.201 e. The third kappa shape index (κ3) is 4.96. The first kappa shape index (κ1) is 24.2. The van der Waals surface area contributed by atoms with E-state index in [0.717, 1.165) is 24.8 Å². The van der Waals surface area contributed by atoms with Gasteiger partial charge in [-0.25, -0.2) is 17.6 Å². The standard InChI is InChI=1S/C28H27F5O/c1-3-4-17-5-7-18(8-6-17)19-9-11-20(12-10-19)22-15-25(31)27(33)28(16(22)2)34-21-13-23(29)26(32)24(30)14-21/h9-15,17-18H,3-8H2,1-2H3/t17-,18-. The molecule has 1 nitrogen and oxygen atoms in total. The van der Waals surface area contributed by atoms with Crippen molar-refractivity contribution >= 4 is 0 Å². The van der Waals surface area contributed by atoms with Gasteiger partial charge in [-0.2, -0.15) is 4.39 Å². The van der Waals surface area contributed by atoms with Crippen molar-refractivity contribution in [3.05, 3.63) is 82.7 Å². The summed E-state index contributed by atoms with van der Waals surface area (Å²) in [4.78, 5) is 0. The van der Waals surface area contributed by atoms with Crippen LogP contribution in [0.3, 0.4) is 0 Å². The predicted octanol–water partition coefficient (Wildman–Crippen LogP) is 9.22. The first-order valence-corrected chi connectivity index (χ1v) is 11.7. The second kappa shape index (κ2) is 10.2. The van der Waals surface area contributed by atoms with Crippen molar-refractivity contribution in [2.24, 2.45) is 5.92 Å². The third-order valence-corrected chi connectivity index (χ3v) is 6.84. The van der Waals surface area contributed by atoms with Crippen LogP contribution in [0.4, 0.5) is 22.0 Å². The van der Waals surface area contributed by atoms with E-state index >= 15 is 0 Å². The molecule has 4 rings (SSSR count). The summed E-state index contributed by atoms with van der Waals surface area (Å²) in [7, 11) is 0. The first-order chi connectivity index (χ1) is 16.3. The summed E-state index contributed by atoms with van der Waals surface area (Å²) in [6.45, 7) is 3.75. The highest BCUT2D eigenvalue weighted by molar-refractivity contribution is 5.70. The average molecular weight is 475 g/mol. The van der Waals surface area contributed by atoms with Crippen LogP contribution in [0.2, 0.25) is 0 Å². The van der Waals surface area contributed by atoms with Gasteiger partial charge in [0, 0.05) is 17.7 Å². The monoisotopic (exact) mass is 474 g/mol. The molecule has 34 heavy (non-hydrogen) atoms. The molecule has 0 atom stereocenters. The lowest BCUT2D eigenvalue weighted by molar-refractivity contribution is 0.308. The molecular weight excluding hydrogens is 447 g/mol. The van der Waals surface area contributed by atoms with Crippen molar-refractivity contribution in [1.82, 2.24) is 0 Å². The maximum Gasteiger partial charge on any atom is 0.201 e. The quantitative estimate of drug-likeness (QED) is 0.256. The molecule has 180 valence electrons. The summed E-state index contributed by atoms with van der Waals surface area (Å²) in [5, 5.41) is 0. The maximum absolute atomic E-state index is 14.6. The minimum Gasteiger partial charge on any atom is -0.454 e. The molecule has 3 aromatic rings. The lowest BCUT2D eigenvalue weighted by Gasteiger charge is -2.28. The molecule has 0 spiro atoms. The molecule has 0 bridgehead atoms. The van der Waals surface area contributed by atoms with E-state index in [0.29, 0.717) is 29.2 Å². The number of benzene rings is 3. The van der Waals surface area contributed by atoms with Crippen molar-refractivity contribution in [3.63, 3.8) is 0 Å². The van der Waals surface area contributed by atoms with E-state index in [1.165, 1.54) is 38.2 Å². The molecule has 1 fully saturated rings. The van der Waals surface area contributed by atoms with Gasteiger partial charge in [-0.15, -0.1) is 0 Å². The molecule has 6 heteroatoms. The zero-order valence-electron chi connectivity index (χ0n) is 19.2. The highest BCUT2D eigenvalue weighted by atomic mass is 19.2. The first-order valence-electron chi connectivity index (χ1n) is 11.7. The van der Waals surface area contributed by atoms with Crippen LogP contribution in [0, 0.1) is 41.9 Å². The second-order valence-electron chi connectivity index (χ2n) is 9.11. The van der Waals surface area contributed by atoms with E-state index in [2.05, 4.69) is 6.92 Å². The van der Waals surface area contributed by atoms with Crippen LogP contribution in [0.25, 0.3) is 11.1 Å². The Hall–Kier alpha value is -2.89. The zero-order valence-corrected chi connectivity index (χ0v) is 19.2. The molecule has 1 aliphatic rings. The van der Waals surface area contributed by atoms with Gasteiger partial charge in [-0.05, 0) is 67.2 Å². The molecule has 3 aromatic carbocycles. The fraction of sp³-hybridized carbons (Fsp3) is 0.357. The van der Waals surface area contributed by atoms with Gasteiger partial charge in [-0.1, -0.05) is 44.0 Å².